The third-order valence-electron chi connectivity index (χ3n) is 1.91. The van der Waals surface area contributed by atoms with Gasteiger partial charge in [0.25, 0.3) is 0 Å². The Morgan fingerprint density at radius 2 is 1.86 bits per heavy atom. The van der Waals surface area contributed by atoms with Gasteiger partial charge in [0.05, 0.1) is 0 Å². The molecule has 3 N–H and O–H groups in total. The molecule has 0 spiro atoms. The summed E-state index contributed by atoms with van der Waals surface area (Å²) in [5.41, 5.74) is 3.30. The Balaban J connectivity index is 2.96. The molecule has 0 saturated heterocycles. The fraction of sp³-hybridized carbons (Fsp3) is 0.222. The molecule has 1 rings (SSSR count). The summed E-state index contributed by atoms with van der Waals surface area (Å²) in [5, 5.41) is 10.1. The molecule has 0 aliphatic heterocycles. The Kier molecular flexibility index (Phi) is 2.81. The number of aliphatic carboxylic acids is 1. The van der Waals surface area contributed by atoms with E-state index in [2.05, 4.69) is 5.73 Å². The van der Waals surface area contributed by atoms with Crippen molar-refractivity contribution in [1.29, 1.82) is 0 Å². The lowest BCUT2D eigenvalue weighted by Gasteiger charge is -2.21. The van der Waals surface area contributed by atoms with E-state index in [0.29, 0.717) is 0 Å². The van der Waals surface area contributed by atoms with Crippen molar-refractivity contribution in [1.82, 2.24) is 0 Å². The first-order valence-electron chi connectivity index (χ1n) is 3.93. The number of hydrogen-bond donors (Lipinski definition) is 1. The molecule has 0 bridgehead atoms. The maximum absolute atomic E-state index is 12.9. The summed E-state index contributed by atoms with van der Waals surface area (Å²) in [6, 6.07) is 5.89. The largest absolute Gasteiger partial charge is 0.544 e. The number of carboxylic acid groups (broad SMARTS) is 1. The van der Waals surface area contributed by atoms with Crippen LogP contribution >= 0.6 is 0 Å². The Hall–Kier alpha value is -1.49. The lowest BCUT2D eigenvalue weighted by Crippen LogP contribution is -2.65. The van der Waals surface area contributed by atoms with Crippen LogP contribution in [0, 0.1) is 0 Å². The zero-order chi connectivity index (χ0) is 10.8. The predicted octanol–water partition coefficient (Wildman–Crippen LogP) is -0.645. The minimum absolute atomic E-state index is 0.168. The monoisotopic (exact) mass is 201 g/mol. The molecule has 0 saturated carbocycles. The number of quaternary nitrogens is 1. The standard InChI is InChI=1S/C9H9F2NO2/c10-9(11,8(13)14)7(12)6-4-2-1-3-5-6/h1-5,7H,12H2,(H,13,14)/t7-/m1/s1. The van der Waals surface area contributed by atoms with E-state index < -0.39 is 17.9 Å². The maximum atomic E-state index is 12.9. The van der Waals surface area contributed by atoms with Crippen LogP contribution < -0.4 is 10.8 Å². The van der Waals surface area contributed by atoms with Crippen molar-refractivity contribution in [2.24, 2.45) is 0 Å². The molecule has 0 radical (unpaired) electrons. The van der Waals surface area contributed by atoms with Crippen LogP contribution in [0.4, 0.5) is 8.78 Å². The Labute approximate surface area is 79.2 Å². The Morgan fingerprint density at radius 1 is 1.36 bits per heavy atom. The van der Waals surface area contributed by atoms with Gasteiger partial charge in [0.2, 0.25) is 0 Å². The lowest BCUT2D eigenvalue weighted by atomic mass is 10.0. The van der Waals surface area contributed by atoms with Gasteiger partial charge >= 0.3 is 5.92 Å². The van der Waals surface area contributed by atoms with Crippen LogP contribution in [0.2, 0.25) is 0 Å². The van der Waals surface area contributed by atoms with Crippen LogP contribution in [0.3, 0.4) is 0 Å². The molecule has 0 heterocycles. The van der Waals surface area contributed by atoms with Crippen molar-refractivity contribution in [3.05, 3.63) is 35.9 Å². The maximum Gasteiger partial charge on any atom is 0.341 e. The summed E-state index contributed by atoms with van der Waals surface area (Å²) >= 11 is 0. The highest BCUT2D eigenvalue weighted by Gasteiger charge is 2.43. The van der Waals surface area contributed by atoms with Gasteiger partial charge < -0.3 is 15.6 Å². The summed E-state index contributed by atoms with van der Waals surface area (Å²) in [4.78, 5) is 10.1. The van der Waals surface area contributed by atoms with Crippen molar-refractivity contribution in [3.63, 3.8) is 0 Å². The molecule has 0 amide bonds. The second-order valence-electron chi connectivity index (χ2n) is 2.87. The highest BCUT2D eigenvalue weighted by atomic mass is 19.3. The van der Waals surface area contributed by atoms with E-state index in [1.165, 1.54) is 12.1 Å². The zero-order valence-electron chi connectivity index (χ0n) is 7.24. The molecule has 5 heteroatoms. The minimum atomic E-state index is -3.94. The van der Waals surface area contributed by atoms with Crippen molar-refractivity contribution in [2.45, 2.75) is 12.0 Å². The van der Waals surface area contributed by atoms with Gasteiger partial charge in [-0.25, -0.2) is 0 Å². The van der Waals surface area contributed by atoms with E-state index in [1.807, 2.05) is 0 Å². The zero-order valence-corrected chi connectivity index (χ0v) is 7.24. The van der Waals surface area contributed by atoms with E-state index in [-0.39, 0.29) is 5.56 Å². The van der Waals surface area contributed by atoms with Crippen LogP contribution in [0.25, 0.3) is 0 Å². The molecular weight excluding hydrogens is 192 g/mol. The van der Waals surface area contributed by atoms with E-state index in [0.717, 1.165) is 0 Å². The van der Waals surface area contributed by atoms with Gasteiger partial charge in [-0.05, 0) is 0 Å². The van der Waals surface area contributed by atoms with Gasteiger partial charge in [0, 0.05) is 5.56 Å². The normalized spacial score (nSPS) is 13.6. The fourth-order valence-corrected chi connectivity index (χ4v) is 1.04. The van der Waals surface area contributed by atoms with Gasteiger partial charge in [-0.3, -0.25) is 0 Å². The third-order valence-corrected chi connectivity index (χ3v) is 1.91. The summed E-state index contributed by atoms with van der Waals surface area (Å²) in [7, 11) is 0. The number of halogens is 2. The predicted molar refractivity (Wildman–Crippen MR) is 42.0 cm³/mol. The summed E-state index contributed by atoms with van der Waals surface area (Å²) < 4.78 is 25.8. The van der Waals surface area contributed by atoms with Crippen LogP contribution in [0.15, 0.2) is 30.3 Å². The molecule has 76 valence electrons. The van der Waals surface area contributed by atoms with Crippen LogP contribution in [0.1, 0.15) is 11.6 Å². The topological polar surface area (TPSA) is 67.8 Å². The van der Waals surface area contributed by atoms with Gasteiger partial charge in [-0.2, -0.15) is 8.78 Å². The summed E-state index contributed by atoms with van der Waals surface area (Å²) in [6.45, 7) is 0. The molecule has 3 nitrogen and oxygen atoms in total. The number of hydrogen-bond acceptors (Lipinski definition) is 2. The van der Waals surface area contributed by atoms with E-state index in [1.54, 1.807) is 18.2 Å². The van der Waals surface area contributed by atoms with Crippen LogP contribution in [-0.2, 0) is 4.79 Å². The Morgan fingerprint density at radius 3 is 2.29 bits per heavy atom. The minimum Gasteiger partial charge on any atom is -0.544 e. The first-order chi connectivity index (χ1) is 6.46. The number of alkyl halides is 2. The SMILES string of the molecule is [NH3+][C@H](c1ccccc1)C(F)(F)C(=O)[O-]. The lowest BCUT2D eigenvalue weighted by molar-refractivity contribution is -0.472. The molecule has 0 aliphatic carbocycles. The summed E-state index contributed by atoms with van der Waals surface area (Å²) in [6.07, 6.45) is 0. The number of carbonyl (C=O) groups is 1. The number of rotatable bonds is 3. The summed E-state index contributed by atoms with van der Waals surface area (Å²) in [5.74, 6) is -6.34. The van der Waals surface area contributed by atoms with Gasteiger partial charge in [-0.15, -0.1) is 0 Å². The number of carboxylic acids is 1. The molecule has 0 aromatic heterocycles. The van der Waals surface area contributed by atoms with Crippen molar-refractivity contribution < 1.29 is 24.4 Å². The fourth-order valence-electron chi connectivity index (χ4n) is 1.04. The second-order valence-corrected chi connectivity index (χ2v) is 2.87. The smallest absolute Gasteiger partial charge is 0.341 e. The molecule has 0 aliphatic rings. The van der Waals surface area contributed by atoms with E-state index in [4.69, 9.17) is 0 Å². The van der Waals surface area contributed by atoms with Crippen molar-refractivity contribution in [3.8, 4) is 0 Å². The number of carbonyl (C=O) groups excluding carboxylic acids is 1. The average Bonchev–Trinajstić information content (AvgIpc) is 2.17. The van der Waals surface area contributed by atoms with Crippen LogP contribution in [-0.4, -0.2) is 11.9 Å². The highest BCUT2D eigenvalue weighted by molar-refractivity contribution is 5.74. The highest BCUT2D eigenvalue weighted by Crippen LogP contribution is 2.26. The third kappa shape index (κ3) is 1.88. The molecule has 0 fully saturated rings. The quantitative estimate of drug-likeness (QED) is 0.706. The average molecular weight is 201 g/mol. The van der Waals surface area contributed by atoms with E-state index in [9.17, 15) is 18.7 Å². The molecule has 1 atom stereocenters. The van der Waals surface area contributed by atoms with Crippen molar-refractivity contribution >= 4 is 5.97 Å². The Bertz CT molecular complexity index is 327. The molecule has 1 aromatic carbocycles. The van der Waals surface area contributed by atoms with Gasteiger partial charge in [-0.1, -0.05) is 30.3 Å². The molecule has 0 unspecified atom stereocenters. The van der Waals surface area contributed by atoms with Crippen molar-refractivity contribution in [2.75, 3.05) is 0 Å². The molecular formula is C9H9F2NO2. The molecule has 14 heavy (non-hydrogen) atoms. The first-order valence-corrected chi connectivity index (χ1v) is 3.93. The second kappa shape index (κ2) is 3.71. The molecule has 1 aromatic rings. The first kappa shape index (κ1) is 10.6. The number of benzene rings is 1. The van der Waals surface area contributed by atoms with Gasteiger partial charge in [0.1, 0.15) is 5.97 Å². The van der Waals surface area contributed by atoms with Gasteiger partial charge in [0.15, 0.2) is 6.04 Å². The van der Waals surface area contributed by atoms with Crippen LogP contribution in [0.5, 0.6) is 0 Å². The van der Waals surface area contributed by atoms with E-state index >= 15 is 0 Å².